The van der Waals surface area contributed by atoms with Crippen LogP contribution >= 0.6 is 31.9 Å². The van der Waals surface area contributed by atoms with E-state index in [0.29, 0.717) is 6.42 Å². The molecule has 0 aromatic heterocycles. The average Bonchev–Trinajstić information content (AvgIpc) is 2.59. The highest BCUT2D eigenvalue weighted by molar-refractivity contribution is 9.10. The van der Waals surface area contributed by atoms with Gasteiger partial charge in [0.15, 0.2) is 0 Å². The van der Waals surface area contributed by atoms with Crippen LogP contribution in [-0.2, 0) is 9.59 Å². The van der Waals surface area contributed by atoms with Crippen molar-refractivity contribution < 1.29 is 9.59 Å². The van der Waals surface area contributed by atoms with Crippen LogP contribution in [0.2, 0.25) is 0 Å². The first-order valence-electron chi connectivity index (χ1n) is 7.66. The molecule has 0 fully saturated rings. The van der Waals surface area contributed by atoms with E-state index in [9.17, 15) is 9.59 Å². The number of nitrogens with zero attached hydrogens (tertiary/aromatic N) is 1. The largest absolute Gasteiger partial charge is 0.326 e. The summed E-state index contributed by atoms with van der Waals surface area (Å²) < 4.78 is 1.93. The van der Waals surface area contributed by atoms with Gasteiger partial charge in [0.25, 0.3) is 0 Å². The average molecular weight is 467 g/mol. The number of carbonyl (C=O) groups is 2. The maximum absolute atomic E-state index is 11.8. The molecule has 0 atom stereocenters. The van der Waals surface area contributed by atoms with E-state index >= 15 is 0 Å². The Morgan fingerprint density at radius 3 is 2.08 bits per heavy atom. The number of rotatable bonds is 7. The van der Waals surface area contributed by atoms with Crippen LogP contribution in [0.1, 0.15) is 24.8 Å². The standard InChI is InChI=1S/C18H17Br2N3O2/c19-14-6-4-13(5-7-14)12-21-23-18(25)3-1-2-17(24)22-16-10-8-15(20)9-11-16/h4-12H,1-3H2,(H,22,24)(H,23,25)/b21-12-. The molecule has 0 spiro atoms. The fourth-order valence-corrected chi connectivity index (χ4v) is 2.48. The van der Waals surface area contributed by atoms with Crippen LogP contribution in [0.4, 0.5) is 5.69 Å². The number of benzene rings is 2. The fraction of sp³-hybridized carbons (Fsp3) is 0.167. The highest BCUT2D eigenvalue weighted by Gasteiger charge is 2.05. The molecule has 7 heteroatoms. The van der Waals surface area contributed by atoms with Gasteiger partial charge in [-0.3, -0.25) is 9.59 Å². The molecule has 2 rings (SSSR count). The SMILES string of the molecule is O=C(CCCC(=O)Nc1ccc(Br)cc1)N/N=C\c1ccc(Br)cc1. The van der Waals surface area contributed by atoms with Gasteiger partial charge >= 0.3 is 0 Å². The van der Waals surface area contributed by atoms with E-state index in [1.165, 1.54) is 0 Å². The predicted octanol–water partition coefficient (Wildman–Crippen LogP) is 4.47. The monoisotopic (exact) mass is 465 g/mol. The van der Waals surface area contributed by atoms with E-state index in [0.717, 1.165) is 20.2 Å². The maximum atomic E-state index is 11.8. The molecule has 0 bridgehead atoms. The van der Waals surface area contributed by atoms with Gasteiger partial charge in [-0.1, -0.05) is 44.0 Å². The van der Waals surface area contributed by atoms with Crippen molar-refractivity contribution in [1.29, 1.82) is 0 Å². The minimum absolute atomic E-state index is 0.117. The third-order valence-corrected chi connectivity index (χ3v) is 4.27. The smallest absolute Gasteiger partial charge is 0.240 e. The summed E-state index contributed by atoms with van der Waals surface area (Å²) in [6.45, 7) is 0. The summed E-state index contributed by atoms with van der Waals surface area (Å²) in [6.07, 6.45) is 2.55. The fourth-order valence-electron chi connectivity index (χ4n) is 1.95. The lowest BCUT2D eigenvalue weighted by atomic mass is 10.2. The van der Waals surface area contributed by atoms with Crippen molar-refractivity contribution >= 4 is 55.6 Å². The molecule has 2 N–H and O–H groups in total. The number of hydrogen-bond acceptors (Lipinski definition) is 3. The molecule has 0 aliphatic carbocycles. The number of nitrogens with one attached hydrogen (secondary N) is 2. The second kappa shape index (κ2) is 10.1. The Morgan fingerprint density at radius 2 is 1.44 bits per heavy atom. The summed E-state index contributed by atoms with van der Waals surface area (Å²) in [7, 11) is 0. The summed E-state index contributed by atoms with van der Waals surface area (Å²) in [6, 6.07) is 14.9. The third-order valence-electron chi connectivity index (χ3n) is 3.21. The molecule has 0 aliphatic heterocycles. The van der Waals surface area contributed by atoms with Crippen molar-refractivity contribution in [2.45, 2.75) is 19.3 Å². The molecule has 0 saturated heterocycles. The van der Waals surface area contributed by atoms with Crippen molar-refractivity contribution in [2.75, 3.05) is 5.32 Å². The highest BCUT2D eigenvalue weighted by atomic mass is 79.9. The lowest BCUT2D eigenvalue weighted by Gasteiger charge is -2.05. The molecule has 0 radical (unpaired) electrons. The Morgan fingerprint density at radius 1 is 0.880 bits per heavy atom. The molecule has 0 aliphatic rings. The highest BCUT2D eigenvalue weighted by Crippen LogP contribution is 2.14. The summed E-state index contributed by atoms with van der Waals surface area (Å²) in [5.41, 5.74) is 4.08. The number of carbonyl (C=O) groups excluding carboxylic acids is 2. The van der Waals surface area contributed by atoms with Gasteiger partial charge in [0.1, 0.15) is 0 Å². The number of anilines is 1. The molecule has 25 heavy (non-hydrogen) atoms. The Bertz CT molecular complexity index is 744. The second-order valence-corrected chi connectivity index (χ2v) is 7.08. The van der Waals surface area contributed by atoms with Crippen LogP contribution in [0.5, 0.6) is 0 Å². The zero-order chi connectivity index (χ0) is 18.1. The Kier molecular flexibility index (Phi) is 7.81. The molecule has 0 unspecified atom stereocenters. The molecule has 130 valence electrons. The van der Waals surface area contributed by atoms with E-state index < -0.39 is 0 Å². The van der Waals surface area contributed by atoms with Crippen LogP contribution in [0.15, 0.2) is 62.6 Å². The first kappa shape index (κ1) is 19.3. The second-order valence-electron chi connectivity index (χ2n) is 5.25. The van der Waals surface area contributed by atoms with E-state index in [-0.39, 0.29) is 24.7 Å². The number of hydrazone groups is 1. The van der Waals surface area contributed by atoms with Crippen molar-refractivity contribution in [3.05, 3.63) is 63.0 Å². The van der Waals surface area contributed by atoms with Gasteiger partial charge in [0.2, 0.25) is 11.8 Å². The van der Waals surface area contributed by atoms with Crippen molar-refractivity contribution in [3.63, 3.8) is 0 Å². The first-order valence-corrected chi connectivity index (χ1v) is 9.24. The molecule has 2 aromatic carbocycles. The minimum atomic E-state index is -0.218. The first-order chi connectivity index (χ1) is 12.0. The van der Waals surface area contributed by atoms with E-state index in [4.69, 9.17) is 0 Å². The van der Waals surface area contributed by atoms with Gasteiger partial charge < -0.3 is 5.32 Å². The third kappa shape index (κ3) is 7.62. The Labute approximate surface area is 163 Å². The van der Waals surface area contributed by atoms with E-state index in [2.05, 4.69) is 47.7 Å². The molecule has 0 saturated carbocycles. The molecular weight excluding hydrogens is 450 g/mol. The van der Waals surface area contributed by atoms with Crippen LogP contribution in [0.25, 0.3) is 0 Å². The summed E-state index contributed by atoms with van der Waals surface area (Å²) in [4.78, 5) is 23.5. The molecule has 2 aromatic rings. The van der Waals surface area contributed by atoms with Crippen molar-refractivity contribution in [1.82, 2.24) is 5.43 Å². The topological polar surface area (TPSA) is 70.6 Å². The minimum Gasteiger partial charge on any atom is -0.326 e. The van der Waals surface area contributed by atoms with E-state index in [1.54, 1.807) is 6.21 Å². The predicted molar refractivity (Wildman–Crippen MR) is 107 cm³/mol. The Hall–Kier alpha value is -1.99. The molecule has 5 nitrogen and oxygen atoms in total. The zero-order valence-corrected chi connectivity index (χ0v) is 16.5. The van der Waals surface area contributed by atoms with Crippen molar-refractivity contribution in [2.24, 2.45) is 5.10 Å². The van der Waals surface area contributed by atoms with Crippen LogP contribution < -0.4 is 10.7 Å². The summed E-state index contributed by atoms with van der Waals surface area (Å²) >= 11 is 6.69. The number of amides is 2. The Balaban J connectivity index is 1.65. The molecule has 0 heterocycles. The van der Waals surface area contributed by atoms with Gasteiger partial charge in [-0.2, -0.15) is 5.10 Å². The van der Waals surface area contributed by atoms with Gasteiger partial charge in [0, 0.05) is 27.5 Å². The van der Waals surface area contributed by atoms with Crippen molar-refractivity contribution in [3.8, 4) is 0 Å². The number of hydrogen-bond donors (Lipinski definition) is 2. The van der Waals surface area contributed by atoms with Gasteiger partial charge in [0.05, 0.1) is 6.21 Å². The number of halogens is 2. The van der Waals surface area contributed by atoms with Gasteiger partial charge in [-0.05, 0) is 48.4 Å². The zero-order valence-electron chi connectivity index (χ0n) is 13.3. The molecular formula is C18H17Br2N3O2. The summed E-state index contributed by atoms with van der Waals surface area (Å²) in [5, 5.41) is 6.69. The lowest BCUT2D eigenvalue weighted by Crippen LogP contribution is -2.18. The maximum Gasteiger partial charge on any atom is 0.240 e. The van der Waals surface area contributed by atoms with E-state index in [1.807, 2.05) is 48.5 Å². The van der Waals surface area contributed by atoms with Gasteiger partial charge in [-0.25, -0.2) is 5.43 Å². The van der Waals surface area contributed by atoms with Crippen LogP contribution in [-0.4, -0.2) is 18.0 Å². The molecule has 2 amide bonds. The summed E-state index contributed by atoms with van der Waals surface area (Å²) in [5.74, 6) is -0.335. The quantitative estimate of drug-likeness (QED) is 0.466. The van der Waals surface area contributed by atoms with Crippen LogP contribution in [0, 0.1) is 0 Å². The normalized spacial score (nSPS) is 10.6. The van der Waals surface area contributed by atoms with Crippen LogP contribution in [0.3, 0.4) is 0 Å². The lowest BCUT2D eigenvalue weighted by molar-refractivity contribution is -0.121. The van der Waals surface area contributed by atoms with Gasteiger partial charge in [-0.15, -0.1) is 0 Å².